The second kappa shape index (κ2) is 9.21. The van der Waals surface area contributed by atoms with E-state index in [2.05, 4.69) is 0 Å². The highest BCUT2D eigenvalue weighted by atomic mass is 19.4. The van der Waals surface area contributed by atoms with Crippen molar-refractivity contribution in [2.24, 2.45) is 0 Å². The van der Waals surface area contributed by atoms with Crippen molar-refractivity contribution < 1.29 is 41.4 Å². The van der Waals surface area contributed by atoms with E-state index in [4.69, 9.17) is 18.6 Å². The largest absolute Gasteiger partial charge is 0.492 e. The normalized spacial score (nSPS) is 21.3. The van der Waals surface area contributed by atoms with Crippen molar-refractivity contribution >= 4 is 17.7 Å². The molecule has 1 saturated heterocycles. The van der Waals surface area contributed by atoms with Gasteiger partial charge in [0.1, 0.15) is 41.5 Å². The number of amides is 2. The van der Waals surface area contributed by atoms with Gasteiger partial charge in [-0.2, -0.15) is 13.2 Å². The van der Waals surface area contributed by atoms with Gasteiger partial charge in [-0.05, 0) is 43.7 Å². The van der Waals surface area contributed by atoms with Gasteiger partial charge in [0.25, 0.3) is 0 Å². The molecule has 3 aliphatic rings. The maximum atomic E-state index is 14.4. The Kier molecular flexibility index (Phi) is 6.01. The fraction of sp³-hybridized carbons (Fsp3) is 0.379. The molecule has 2 amide bonds. The Morgan fingerprint density at radius 1 is 1.02 bits per heavy atom. The zero-order valence-corrected chi connectivity index (χ0v) is 21.9. The number of alkyl halides is 3. The first kappa shape index (κ1) is 26.1. The molecule has 8 nitrogen and oxygen atoms in total. The minimum atomic E-state index is -4.62. The van der Waals surface area contributed by atoms with E-state index in [-0.39, 0.29) is 30.9 Å². The molecule has 0 N–H and O–H groups in total. The molecule has 2 aromatic carbocycles. The second-order valence-electron chi connectivity index (χ2n) is 10.7. The van der Waals surface area contributed by atoms with Crippen molar-refractivity contribution in [3.63, 3.8) is 0 Å². The van der Waals surface area contributed by atoms with E-state index in [0.29, 0.717) is 48.9 Å². The first-order valence-electron chi connectivity index (χ1n) is 12.9. The number of halogens is 3. The van der Waals surface area contributed by atoms with Gasteiger partial charge in [0.05, 0.1) is 19.6 Å². The predicted octanol–water partition coefficient (Wildman–Crippen LogP) is 5.52. The lowest BCUT2D eigenvalue weighted by atomic mass is 9.67. The van der Waals surface area contributed by atoms with Crippen LogP contribution in [-0.4, -0.2) is 48.8 Å². The van der Waals surface area contributed by atoms with Crippen LogP contribution in [0.4, 0.5) is 23.7 Å². The highest BCUT2D eigenvalue weighted by Gasteiger charge is 2.58. The van der Waals surface area contributed by atoms with Crippen LogP contribution in [0.2, 0.25) is 0 Å². The third-order valence-electron chi connectivity index (χ3n) is 7.48. The Balaban J connectivity index is 1.33. The minimum absolute atomic E-state index is 0.0321. The summed E-state index contributed by atoms with van der Waals surface area (Å²) in [7, 11) is 0. The van der Waals surface area contributed by atoms with Crippen LogP contribution in [0.25, 0.3) is 0 Å². The summed E-state index contributed by atoms with van der Waals surface area (Å²) in [6.45, 7) is 5.13. The second-order valence-corrected chi connectivity index (χ2v) is 10.7. The smallest absolute Gasteiger partial charge is 0.449 e. The Bertz CT molecular complexity index is 1480. The Labute approximate surface area is 228 Å². The molecule has 4 heterocycles. The summed E-state index contributed by atoms with van der Waals surface area (Å²) in [6, 6.07) is 14.7. The number of hydrogen-bond acceptors (Lipinski definition) is 6. The number of carbonyl (C=O) groups excluding carboxylic acids is 2. The minimum Gasteiger partial charge on any atom is -0.492 e. The number of cyclic esters (lactones) is 1. The number of benzene rings is 2. The molecule has 1 spiro atoms. The van der Waals surface area contributed by atoms with Gasteiger partial charge in [-0.25, -0.2) is 4.79 Å². The third kappa shape index (κ3) is 4.33. The van der Waals surface area contributed by atoms with Crippen LogP contribution in [0.3, 0.4) is 0 Å². The molecular formula is C29H27F3N2O6. The molecule has 3 aromatic rings. The van der Waals surface area contributed by atoms with Crippen LogP contribution in [0.5, 0.6) is 11.5 Å². The molecule has 3 aliphatic heterocycles. The summed E-state index contributed by atoms with van der Waals surface area (Å²) in [5.74, 6) is -0.340. The average molecular weight is 557 g/mol. The molecule has 1 atom stereocenters. The maximum absolute atomic E-state index is 14.4. The number of nitrogens with zero attached hydrogens (tertiary/aromatic N) is 2. The van der Waals surface area contributed by atoms with Gasteiger partial charge in [0.2, 0.25) is 11.7 Å². The van der Waals surface area contributed by atoms with Crippen molar-refractivity contribution in [1.82, 2.24) is 4.90 Å². The van der Waals surface area contributed by atoms with Crippen LogP contribution in [0, 0.1) is 0 Å². The molecule has 6 rings (SSSR count). The third-order valence-corrected chi connectivity index (χ3v) is 7.48. The van der Waals surface area contributed by atoms with E-state index < -0.39 is 23.0 Å². The summed E-state index contributed by atoms with van der Waals surface area (Å²) in [4.78, 5) is 29.1. The molecule has 0 radical (unpaired) electrons. The summed E-state index contributed by atoms with van der Waals surface area (Å²) in [6.07, 6.45) is -4.66. The summed E-state index contributed by atoms with van der Waals surface area (Å²) in [5.41, 5.74) is 0.140. The van der Waals surface area contributed by atoms with Gasteiger partial charge < -0.3 is 28.4 Å². The van der Waals surface area contributed by atoms with Crippen LogP contribution < -0.4 is 14.4 Å². The van der Waals surface area contributed by atoms with Crippen molar-refractivity contribution in [1.29, 1.82) is 0 Å². The average Bonchev–Trinajstić information content (AvgIpc) is 3.59. The van der Waals surface area contributed by atoms with E-state index in [9.17, 15) is 22.8 Å². The van der Waals surface area contributed by atoms with Gasteiger partial charge >= 0.3 is 12.3 Å². The van der Waals surface area contributed by atoms with Gasteiger partial charge in [0.15, 0.2) is 0 Å². The van der Waals surface area contributed by atoms with E-state index in [1.54, 1.807) is 35.2 Å². The molecule has 210 valence electrons. The lowest BCUT2D eigenvalue weighted by Crippen LogP contribution is -2.50. The summed E-state index contributed by atoms with van der Waals surface area (Å²) < 4.78 is 61.7. The number of anilines is 1. The van der Waals surface area contributed by atoms with Crippen molar-refractivity contribution in [2.75, 3.05) is 31.2 Å². The number of carbonyl (C=O) groups is 2. The van der Waals surface area contributed by atoms with Crippen molar-refractivity contribution in [2.45, 2.75) is 44.0 Å². The first-order chi connectivity index (χ1) is 19.0. The molecule has 1 fully saturated rings. The molecule has 0 saturated carbocycles. The van der Waals surface area contributed by atoms with Crippen LogP contribution in [0.15, 0.2) is 59.0 Å². The fourth-order valence-electron chi connectivity index (χ4n) is 5.88. The summed E-state index contributed by atoms with van der Waals surface area (Å²) >= 11 is 0. The number of para-hydroxylation sites is 1. The lowest BCUT2D eigenvalue weighted by Gasteiger charge is -2.43. The number of furan rings is 1. The van der Waals surface area contributed by atoms with Gasteiger partial charge in [-0.3, -0.25) is 4.79 Å². The Morgan fingerprint density at radius 2 is 1.82 bits per heavy atom. The monoisotopic (exact) mass is 556 g/mol. The predicted molar refractivity (Wildman–Crippen MR) is 136 cm³/mol. The van der Waals surface area contributed by atoms with E-state index in [1.807, 2.05) is 26.0 Å². The lowest BCUT2D eigenvalue weighted by molar-refractivity contribution is -0.153. The standard InChI is InChI=1S/C29H27F3N2O6/c1-27(2)17-28(21-9-7-18(15-23(21)40-27)37-13-11-33-12-14-38-26(33)36)20-5-3-4-6-22(20)34(25(28)35)16-19-8-10-24(39-19)29(30,31)32/h3-10,15H,11-14,16-17H2,1-2H3/t28-/m1/s1. The molecular weight excluding hydrogens is 529 g/mol. The Morgan fingerprint density at radius 3 is 2.55 bits per heavy atom. The molecule has 0 unspecified atom stereocenters. The molecule has 0 aliphatic carbocycles. The highest BCUT2D eigenvalue weighted by Crippen LogP contribution is 2.56. The number of ether oxygens (including phenoxy) is 3. The quantitative estimate of drug-likeness (QED) is 0.398. The van der Waals surface area contributed by atoms with Gasteiger partial charge in [-0.15, -0.1) is 0 Å². The summed E-state index contributed by atoms with van der Waals surface area (Å²) in [5, 5.41) is 0. The molecule has 40 heavy (non-hydrogen) atoms. The molecule has 0 bridgehead atoms. The highest BCUT2D eigenvalue weighted by molar-refractivity contribution is 6.11. The zero-order chi connectivity index (χ0) is 28.3. The van der Waals surface area contributed by atoms with Crippen LogP contribution in [-0.2, 0) is 27.7 Å². The van der Waals surface area contributed by atoms with Crippen LogP contribution >= 0.6 is 0 Å². The van der Waals surface area contributed by atoms with E-state index in [0.717, 1.165) is 11.6 Å². The number of hydrogen-bond donors (Lipinski definition) is 0. The number of rotatable bonds is 6. The van der Waals surface area contributed by atoms with E-state index in [1.165, 1.54) is 11.0 Å². The molecule has 11 heteroatoms. The topological polar surface area (TPSA) is 81.5 Å². The van der Waals surface area contributed by atoms with Crippen molar-refractivity contribution in [3.05, 3.63) is 77.2 Å². The van der Waals surface area contributed by atoms with Gasteiger partial charge in [-0.1, -0.05) is 24.3 Å². The Hall–Kier alpha value is -4.15. The zero-order valence-electron chi connectivity index (χ0n) is 21.9. The SMILES string of the molecule is CC1(C)C[C@]2(C(=O)N(Cc3ccc(C(F)(F)F)o3)c3ccccc32)c2ccc(OCCN3CCOC3=O)cc2O1. The van der Waals surface area contributed by atoms with Crippen LogP contribution in [0.1, 0.15) is 42.9 Å². The van der Waals surface area contributed by atoms with Crippen molar-refractivity contribution in [3.8, 4) is 11.5 Å². The van der Waals surface area contributed by atoms with Gasteiger partial charge in [0, 0.05) is 23.7 Å². The molecule has 1 aromatic heterocycles. The fourth-order valence-corrected chi connectivity index (χ4v) is 5.88. The first-order valence-corrected chi connectivity index (χ1v) is 12.9. The van der Waals surface area contributed by atoms with E-state index >= 15 is 0 Å². The maximum Gasteiger partial charge on any atom is 0.449 e. The number of fused-ring (bicyclic) bond motifs is 4.